The second-order valence-electron chi connectivity index (χ2n) is 7.51. The van der Waals surface area contributed by atoms with Gasteiger partial charge in [-0.3, -0.25) is 4.79 Å². The summed E-state index contributed by atoms with van der Waals surface area (Å²) in [4.78, 5) is 12.8. The zero-order chi connectivity index (χ0) is 22.2. The molecule has 0 radical (unpaired) electrons. The first-order valence-electron chi connectivity index (χ1n) is 9.97. The van der Waals surface area contributed by atoms with E-state index in [4.69, 9.17) is 42.1 Å². The highest BCUT2D eigenvalue weighted by Gasteiger charge is 2.30. The van der Waals surface area contributed by atoms with Gasteiger partial charge in [0.25, 0.3) is 0 Å². The van der Waals surface area contributed by atoms with Crippen LogP contribution in [0.3, 0.4) is 0 Å². The van der Waals surface area contributed by atoms with Gasteiger partial charge in [-0.1, -0.05) is 35.3 Å². The fourth-order valence-corrected chi connectivity index (χ4v) is 4.14. The van der Waals surface area contributed by atoms with Gasteiger partial charge in [-0.15, -0.1) is 0 Å². The lowest BCUT2D eigenvalue weighted by Gasteiger charge is -2.21. The van der Waals surface area contributed by atoms with E-state index in [1.807, 2.05) is 31.2 Å². The van der Waals surface area contributed by atoms with Gasteiger partial charge in [-0.05, 0) is 55.0 Å². The molecule has 0 unspecified atom stereocenters. The topological polar surface area (TPSA) is 54.0 Å². The van der Waals surface area contributed by atoms with Crippen LogP contribution >= 0.6 is 23.2 Å². The minimum Gasteiger partial charge on any atom is -0.488 e. The average Bonchev–Trinajstić information content (AvgIpc) is 3.10. The molecule has 32 heavy (non-hydrogen) atoms. The molecular formula is C25H18Cl2O5. The van der Waals surface area contributed by atoms with Crippen LogP contribution in [-0.4, -0.2) is 12.6 Å². The number of carbonyl (C=O) groups excluding carboxylic acids is 1. The van der Waals surface area contributed by atoms with E-state index in [0.717, 1.165) is 28.0 Å². The van der Waals surface area contributed by atoms with E-state index < -0.39 is 0 Å². The molecule has 3 aromatic rings. The molecule has 0 saturated carbocycles. The van der Waals surface area contributed by atoms with Gasteiger partial charge in [0.2, 0.25) is 5.78 Å². The van der Waals surface area contributed by atoms with Gasteiger partial charge in [-0.25, -0.2) is 0 Å². The highest BCUT2D eigenvalue weighted by atomic mass is 35.5. The Morgan fingerprint density at radius 3 is 2.66 bits per heavy atom. The fraction of sp³-hybridized carbons (Fsp3) is 0.160. The Hall–Kier alpha value is -2.99. The minimum atomic E-state index is -0.165. The van der Waals surface area contributed by atoms with Crippen LogP contribution in [0.15, 0.2) is 54.3 Å². The van der Waals surface area contributed by atoms with Gasteiger partial charge < -0.3 is 18.9 Å². The van der Waals surface area contributed by atoms with Crippen molar-refractivity contribution in [1.29, 1.82) is 0 Å². The third-order valence-electron chi connectivity index (χ3n) is 5.34. The molecule has 2 aliphatic heterocycles. The molecule has 3 aromatic carbocycles. The first-order chi connectivity index (χ1) is 15.5. The summed E-state index contributed by atoms with van der Waals surface area (Å²) in [7, 11) is 0. The first kappa shape index (κ1) is 20.9. The van der Waals surface area contributed by atoms with Crippen molar-refractivity contribution in [2.24, 2.45) is 0 Å². The monoisotopic (exact) mass is 468 g/mol. The Balaban J connectivity index is 1.39. The maximum absolute atomic E-state index is 12.8. The number of halogens is 2. The van der Waals surface area contributed by atoms with Crippen LogP contribution in [0.2, 0.25) is 10.0 Å². The van der Waals surface area contributed by atoms with Gasteiger partial charge in [-0.2, -0.15) is 0 Å². The smallest absolute Gasteiger partial charge is 0.231 e. The van der Waals surface area contributed by atoms with Crippen molar-refractivity contribution in [3.63, 3.8) is 0 Å². The zero-order valence-electron chi connectivity index (χ0n) is 17.1. The van der Waals surface area contributed by atoms with Crippen molar-refractivity contribution in [2.45, 2.75) is 20.1 Å². The van der Waals surface area contributed by atoms with Crippen molar-refractivity contribution >= 4 is 35.1 Å². The second-order valence-corrected chi connectivity index (χ2v) is 8.38. The van der Waals surface area contributed by atoms with Crippen LogP contribution in [0.1, 0.15) is 32.6 Å². The highest BCUT2D eigenvalue weighted by Crippen LogP contribution is 2.40. The third kappa shape index (κ3) is 3.95. The standard InChI is InChI=1S/C25H18Cl2O5/c1-14-21(30-12-17-10-19(27)9-16-11-29-13-31-25(16)17)7-6-20-23(28)22(32-24(14)20)8-15-2-4-18(26)5-3-15/h2-10H,11-13H2,1H3/b22-8-. The van der Waals surface area contributed by atoms with Crippen LogP contribution in [0.25, 0.3) is 6.08 Å². The predicted octanol–water partition coefficient (Wildman–Crippen LogP) is 6.36. The van der Waals surface area contributed by atoms with Crippen molar-refractivity contribution < 1.29 is 23.7 Å². The molecule has 0 amide bonds. The average molecular weight is 469 g/mol. The first-order valence-corrected chi connectivity index (χ1v) is 10.7. The number of carbonyl (C=O) groups is 1. The van der Waals surface area contributed by atoms with E-state index in [9.17, 15) is 4.79 Å². The number of ether oxygens (including phenoxy) is 4. The Morgan fingerprint density at radius 1 is 1.03 bits per heavy atom. The molecule has 0 N–H and O–H groups in total. The molecule has 0 aromatic heterocycles. The van der Waals surface area contributed by atoms with Crippen molar-refractivity contribution in [3.8, 4) is 17.2 Å². The molecule has 0 spiro atoms. The SMILES string of the molecule is Cc1c(OCc2cc(Cl)cc3c2OCOC3)ccc2c1O/C(=C\c1ccc(Cl)cc1)C2=O. The summed E-state index contributed by atoms with van der Waals surface area (Å²) in [6.45, 7) is 2.76. The van der Waals surface area contributed by atoms with E-state index in [2.05, 4.69) is 0 Å². The molecule has 2 aliphatic rings. The molecule has 2 heterocycles. The summed E-state index contributed by atoms with van der Waals surface area (Å²) in [6.07, 6.45) is 1.70. The maximum Gasteiger partial charge on any atom is 0.231 e. The second kappa shape index (κ2) is 8.51. The van der Waals surface area contributed by atoms with Crippen molar-refractivity contribution in [1.82, 2.24) is 0 Å². The summed E-state index contributed by atoms with van der Waals surface area (Å²) in [5.41, 5.74) is 3.80. The number of benzene rings is 3. The molecule has 0 atom stereocenters. The lowest BCUT2D eigenvalue weighted by atomic mass is 10.1. The van der Waals surface area contributed by atoms with E-state index >= 15 is 0 Å². The van der Waals surface area contributed by atoms with Crippen LogP contribution in [0.5, 0.6) is 17.2 Å². The molecule has 5 rings (SSSR count). The van der Waals surface area contributed by atoms with Gasteiger partial charge >= 0.3 is 0 Å². The summed E-state index contributed by atoms with van der Waals surface area (Å²) in [5, 5.41) is 1.22. The van der Waals surface area contributed by atoms with E-state index in [1.165, 1.54) is 0 Å². The number of fused-ring (bicyclic) bond motifs is 2. The largest absolute Gasteiger partial charge is 0.488 e. The molecule has 162 valence electrons. The maximum atomic E-state index is 12.8. The summed E-state index contributed by atoms with van der Waals surface area (Å²) < 4.78 is 23.0. The molecule has 7 heteroatoms. The van der Waals surface area contributed by atoms with Gasteiger partial charge in [0.15, 0.2) is 12.6 Å². The Labute approximate surface area is 195 Å². The lowest BCUT2D eigenvalue weighted by Crippen LogP contribution is -2.14. The molecular weight excluding hydrogens is 451 g/mol. The molecule has 0 saturated heterocycles. The number of Topliss-reactive ketones (excluding diaryl/α,β-unsaturated/α-hetero) is 1. The van der Waals surface area contributed by atoms with Crippen LogP contribution in [0, 0.1) is 6.92 Å². The van der Waals surface area contributed by atoms with Crippen LogP contribution in [-0.2, 0) is 18.0 Å². The molecule has 0 aliphatic carbocycles. The number of rotatable bonds is 4. The Kier molecular flexibility index (Phi) is 5.55. The van der Waals surface area contributed by atoms with Crippen molar-refractivity contribution in [2.75, 3.05) is 6.79 Å². The zero-order valence-corrected chi connectivity index (χ0v) is 18.6. The summed E-state index contributed by atoms with van der Waals surface area (Å²) in [5.74, 6) is 1.96. The fourth-order valence-electron chi connectivity index (χ4n) is 3.75. The van der Waals surface area contributed by atoms with Gasteiger partial charge in [0, 0.05) is 26.7 Å². The van der Waals surface area contributed by atoms with E-state index in [-0.39, 0.29) is 24.9 Å². The van der Waals surface area contributed by atoms with E-state index in [1.54, 1.807) is 30.3 Å². The highest BCUT2D eigenvalue weighted by molar-refractivity contribution is 6.31. The molecule has 0 bridgehead atoms. The van der Waals surface area contributed by atoms with Crippen LogP contribution in [0.4, 0.5) is 0 Å². The Morgan fingerprint density at radius 2 is 1.84 bits per heavy atom. The van der Waals surface area contributed by atoms with Gasteiger partial charge in [0.05, 0.1) is 12.2 Å². The Bertz CT molecular complexity index is 1250. The van der Waals surface area contributed by atoms with E-state index in [0.29, 0.717) is 33.7 Å². The number of allylic oxidation sites excluding steroid dienone is 1. The molecule has 5 nitrogen and oxygen atoms in total. The molecule has 0 fully saturated rings. The quantitative estimate of drug-likeness (QED) is 0.416. The number of hydrogen-bond acceptors (Lipinski definition) is 5. The van der Waals surface area contributed by atoms with Gasteiger partial charge in [0.1, 0.15) is 23.9 Å². The number of hydrogen-bond donors (Lipinski definition) is 0. The summed E-state index contributed by atoms with van der Waals surface area (Å²) >= 11 is 12.2. The third-order valence-corrected chi connectivity index (χ3v) is 5.81. The minimum absolute atomic E-state index is 0.165. The van der Waals surface area contributed by atoms with Crippen LogP contribution < -0.4 is 14.2 Å². The number of ketones is 1. The normalized spacial score (nSPS) is 15.7. The lowest BCUT2D eigenvalue weighted by molar-refractivity contribution is -0.0175. The van der Waals surface area contributed by atoms with Crippen molar-refractivity contribution in [3.05, 3.63) is 92.2 Å². The predicted molar refractivity (Wildman–Crippen MR) is 122 cm³/mol. The summed E-state index contributed by atoms with van der Waals surface area (Å²) in [6, 6.07) is 14.3.